The predicted octanol–water partition coefficient (Wildman–Crippen LogP) is 11.1. The molecule has 2 spiro atoms. The number of halogens is 7. The summed E-state index contributed by atoms with van der Waals surface area (Å²) in [5.74, 6) is 0.742. The molecule has 340 valence electrons. The molecule has 4 fully saturated rings. The third-order valence-electron chi connectivity index (χ3n) is 12.4. The molecule has 6 aromatic rings. The van der Waals surface area contributed by atoms with E-state index in [1.807, 2.05) is 36.4 Å². The number of hydrogen-bond acceptors (Lipinski definition) is 12. The van der Waals surface area contributed by atoms with Gasteiger partial charge in [0.15, 0.2) is 0 Å². The molecule has 0 radical (unpaired) electrons. The quantitative estimate of drug-likeness (QED) is 0.0948. The van der Waals surface area contributed by atoms with Crippen LogP contribution in [0, 0.1) is 33.5 Å². The van der Waals surface area contributed by atoms with Crippen molar-refractivity contribution in [1.29, 1.82) is 10.5 Å². The third-order valence-corrected chi connectivity index (χ3v) is 14.7. The van der Waals surface area contributed by atoms with E-state index >= 15 is 0 Å². The summed E-state index contributed by atoms with van der Waals surface area (Å²) in [4.78, 5) is 19.9. The first-order chi connectivity index (χ1) is 31.1. The zero-order valence-electron chi connectivity index (χ0n) is 35.1. The van der Waals surface area contributed by atoms with Crippen molar-refractivity contribution in [2.45, 2.75) is 88.6 Å². The monoisotopic (exact) mass is 950 g/mol. The maximum Gasteiger partial charge on any atom is 0.393 e. The Hall–Kier alpha value is -5.27. The Morgan fingerprint density at radius 3 is 1.71 bits per heavy atom. The van der Waals surface area contributed by atoms with Crippen molar-refractivity contribution in [3.63, 3.8) is 0 Å². The Kier molecular flexibility index (Phi) is 13.7. The summed E-state index contributed by atoms with van der Waals surface area (Å²) in [6, 6.07) is 24.6. The minimum absolute atomic E-state index is 0.185. The lowest BCUT2D eigenvalue weighted by molar-refractivity contribution is -0.127. The first-order valence-corrected chi connectivity index (χ1v) is 23.3. The van der Waals surface area contributed by atoms with Gasteiger partial charge in [0.1, 0.15) is 33.3 Å². The van der Waals surface area contributed by atoms with Crippen molar-refractivity contribution < 1.29 is 26.3 Å². The molecule has 0 bridgehead atoms. The zero-order valence-corrected chi connectivity index (χ0v) is 37.5. The highest BCUT2D eigenvalue weighted by Gasteiger charge is 2.49. The van der Waals surface area contributed by atoms with Gasteiger partial charge < -0.3 is 20.9 Å². The van der Waals surface area contributed by atoms with Crippen molar-refractivity contribution in [2.75, 3.05) is 41.7 Å². The number of anilines is 3. The van der Waals surface area contributed by atoms with Gasteiger partial charge in [-0.2, -0.15) is 36.9 Å². The first kappa shape index (κ1) is 46.3. The van der Waals surface area contributed by atoms with Crippen molar-refractivity contribution >= 4 is 71.9 Å². The lowest BCUT2D eigenvalue weighted by atomic mass is 9.78. The molecule has 10 rings (SSSR count). The summed E-state index contributed by atoms with van der Waals surface area (Å²) in [6.07, 6.45) is 0.377. The normalized spacial score (nSPS) is 19.4. The van der Waals surface area contributed by atoms with E-state index in [0.717, 1.165) is 83.3 Å². The zero-order chi connectivity index (χ0) is 45.8. The summed E-state index contributed by atoms with van der Waals surface area (Å²) in [5.41, 5.74) is 5.11. The number of benzene rings is 2. The minimum Gasteiger partial charge on any atom is -0.382 e. The van der Waals surface area contributed by atoms with Crippen LogP contribution in [0.2, 0.25) is 5.15 Å². The van der Waals surface area contributed by atoms with Crippen LogP contribution in [-0.4, -0.2) is 70.6 Å². The Morgan fingerprint density at radius 2 is 1.22 bits per heavy atom. The number of nitrogens with zero attached hydrogens (tertiary/aromatic N) is 7. The second kappa shape index (κ2) is 19.3. The predicted molar refractivity (Wildman–Crippen MR) is 243 cm³/mol. The average Bonchev–Trinajstić information content (AvgIpc) is 4.02. The van der Waals surface area contributed by atoms with Crippen molar-refractivity contribution in [1.82, 2.24) is 25.3 Å². The fraction of sp³-hybridized carbons (Fsp3) is 0.435. The SMILES string of the molecule is FC(F)(F)Cc1cc2c(Cl)ncnc2s1.N#CCc1cccc(NC2CCC3(C2)CN(c2ncnc4sc(CC(F)(F)F)cc24)C3)c1.N#CCc1cccc(NC2CCC3(CNC3)C2)c1. The minimum atomic E-state index is -4.23. The number of rotatable bonds is 9. The molecule has 2 saturated heterocycles. The molecule has 4 aliphatic rings. The largest absolute Gasteiger partial charge is 0.393 e. The average molecular weight is 952 g/mol. The van der Waals surface area contributed by atoms with E-state index in [1.165, 1.54) is 51.1 Å². The topological polar surface area (TPSA) is 138 Å². The van der Waals surface area contributed by atoms with Gasteiger partial charge in [-0.15, -0.1) is 22.7 Å². The molecule has 0 amide bonds. The molecule has 6 heterocycles. The van der Waals surface area contributed by atoms with Crippen LogP contribution >= 0.6 is 34.3 Å². The number of hydrogen-bond donors (Lipinski definition) is 3. The van der Waals surface area contributed by atoms with E-state index in [1.54, 1.807) is 6.07 Å². The molecule has 3 N–H and O–H groups in total. The summed E-state index contributed by atoms with van der Waals surface area (Å²) >= 11 is 7.79. The van der Waals surface area contributed by atoms with Crippen molar-refractivity contribution in [3.05, 3.63) is 99.4 Å². The summed E-state index contributed by atoms with van der Waals surface area (Å²) in [7, 11) is 0. The second-order valence-electron chi connectivity index (χ2n) is 17.5. The van der Waals surface area contributed by atoms with E-state index in [2.05, 4.69) is 65.1 Å². The molecule has 2 atom stereocenters. The van der Waals surface area contributed by atoms with E-state index in [9.17, 15) is 26.3 Å². The Labute approximate surface area is 385 Å². The second-order valence-corrected chi connectivity index (χ2v) is 20.1. The fourth-order valence-corrected chi connectivity index (χ4v) is 11.7. The van der Waals surface area contributed by atoms with Crippen LogP contribution in [0.1, 0.15) is 59.4 Å². The number of nitrogens with one attached hydrogen (secondary N) is 3. The molecular weight excluding hydrogens is 906 g/mol. The standard InChI is InChI=1S/C23H22F3N5S.C15H19N3.C8H4ClF3N2S/c24-23(25,26)11-18-9-19-20(28-14-29-21(19)32-18)31-12-22(13-31)6-4-17(10-22)30-16-3-1-2-15(8-16)5-7-27;16-7-5-12-2-1-3-13(8-12)18-14-4-6-15(9-14)10-17-11-15;9-6-5-1-4(2-8(10,11)12)15-7(5)14-3-13-6/h1-3,8-9,14,17,30H,4-6,10-13H2;1-3,8,14,17-18H,4-6,9-11H2;1,3H,2H2. The Balaban J connectivity index is 0.000000147. The van der Waals surface area contributed by atoms with Gasteiger partial charge >= 0.3 is 12.4 Å². The van der Waals surface area contributed by atoms with Gasteiger partial charge in [-0.25, -0.2) is 19.9 Å². The van der Waals surface area contributed by atoms with Crippen molar-refractivity contribution in [2.24, 2.45) is 10.8 Å². The van der Waals surface area contributed by atoms with Gasteiger partial charge in [0.05, 0.1) is 43.2 Å². The lowest BCUT2D eigenvalue weighted by Crippen LogP contribution is -2.56. The third kappa shape index (κ3) is 11.8. The molecular formula is C46H45ClF6N10S2. The fourth-order valence-electron chi connectivity index (χ4n) is 9.45. The van der Waals surface area contributed by atoms with Crippen LogP contribution in [0.3, 0.4) is 0 Å². The van der Waals surface area contributed by atoms with Crippen molar-refractivity contribution in [3.8, 4) is 12.1 Å². The van der Waals surface area contributed by atoms with Crippen LogP contribution < -0.4 is 20.9 Å². The molecule has 2 aliphatic carbocycles. The molecule has 4 aromatic heterocycles. The van der Waals surface area contributed by atoms with Crippen LogP contribution in [0.25, 0.3) is 20.4 Å². The Bertz CT molecular complexity index is 2700. The van der Waals surface area contributed by atoms with E-state index < -0.39 is 25.2 Å². The maximum atomic E-state index is 12.8. The highest BCUT2D eigenvalue weighted by Crippen LogP contribution is 2.49. The van der Waals surface area contributed by atoms with E-state index in [4.69, 9.17) is 22.1 Å². The molecule has 2 aromatic carbocycles. The molecule has 2 saturated carbocycles. The van der Waals surface area contributed by atoms with Crippen LogP contribution in [0.4, 0.5) is 43.5 Å². The van der Waals surface area contributed by atoms with Gasteiger partial charge in [0.25, 0.3) is 0 Å². The lowest BCUT2D eigenvalue weighted by Gasteiger charge is -2.49. The molecule has 10 nitrogen and oxygen atoms in total. The van der Waals surface area contributed by atoms with E-state index in [0.29, 0.717) is 50.8 Å². The molecule has 19 heteroatoms. The van der Waals surface area contributed by atoms with Gasteiger partial charge in [-0.05, 0) is 91.5 Å². The van der Waals surface area contributed by atoms with E-state index in [-0.39, 0.29) is 20.3 Å². The number of thiophene rings is 2. The summed E-state index contributed by atoms with van der Waals surface area (Å²) < 4.78 is 74.7. The van der Waals surface area contributed by atoms with Gasteiger partial charge in [0.2, 0.25) is 0 Å². The number of fused-ring (bicyclic) bond motifs is 2. The Morgan fingerprint density at radius 1 is 0.708 bits per heavy atom. The molecule has 2 aliphatic heterocycles. The summed E-state index contributed by atoms with van der Waals surface area (Å²) in [6.45, 7) is 4.10. The molecule has 2 unspecified atom stereocenters. The first-order valence-electron chi connectivity index (χ1n) is 21.2. The van der Waals surface area contributed by atoms with Gasteiger partial charge in [0, 0.05) is 70.2 Å². The smallest absolute Gasteiger partial charge is 0.382 e. The van der Waals surface area contributed by atoms with Crippen LogP contribution in [0.5, 0.6) is 0 Å². The highest BCUT2D eigenvalue weighted by molar-refractivity contribution is 7.19. The highest BCUT2D eigenvalue weighted by atomic mass is 35.5. The number of aromatic nitrogens is 4. The number of nitriles is 2. The molecule has 65 heavy (non-hydrogen) atoms. The summed E-state index contributed by atoms with van der Waals surface area (Å²) in [5, 5.41) is 29.6. The maximum absolute atomic E-state index is 12.8. The van der Waals surface area contributed by atoms with Crippen LogP contribution in [0.15, 0.2) is 73.3 Å². The number of alkyl halides is 6. The van der Waals surface area contributed by atoms with Gasteiger partial charge in [-0.1, -0.05) is 35.9 Å². The van der Waals surface area contributed by atoms with Crippen LogP contribution in [-0.2, 0) is 25.7 Å². The van der Waals surface area contributed by atoms with Gasteiger partial charge in [-0.3, -0.25) is 0 Å².